The highest BCUT2D eigenvalue weighted by Gasteiger charge is 2.43. The van der Waals surface area contributed by atoms with Crippen LogP contribution in [0.4, 0.5) is 11.4 Å². The number of nitrogens with zero attached hydrogens (tertiary/aromatic N) is 1. The van der Waals surface area contributed by atoms with Crippen LogP contribution in [0.5, 0.6) is 5.75 Å². The fourth-order valence-corrected chi connectivity index (χ4v) is 2.97. The Bertz CT molecular complexity index is 907. The first-order chi connectivity index (χ1) is 12.9. The minimum absolute atomic E-state index is 0.226. The molecule has 27 heavy (non-hydrogen) atoms. The van der Waals surface area contributed by atoms with Crippen LogP contribution >= 0.6 is 0 Å². The van der Waals surface area contributed by atoms with Gasteiger partial charge in [-0.3, -0.25) is 14.5 Å². The molecule has 1 aliphatic rings. The van der Waals surface area contributed by atoms with Crippen molar-refractivity contribution in [3.63, 3.8) is 0 Å². The lowest BCUT2D eigenvalue weighted by atomic mass is 9.96. The summed E-state index contributed by atoms with van der Waals surface area (Å²) in [4.78, 5) is 38.7. The summed E-state index contributed by atoms with van der Waals surface area (Å²) in [6, 6.07) is 13.6. The van der Waals surface area contributed by atoms with Crippen LogP contribution < -0.4 is 15.0 Å². The largest absolute Gasteiger partial charge is 0.483 e. The molecule has 0 aromatic heterocycles. The molecule has 7 nitrogen and oxygen atoms in total. The maximum Gasteiger partial charge on any atom is 0.341 e. The van der Waals surface area contributed by atoms with Gasteiger partial charge in [-0.25, -0.2) is 4.79 Å². The smallest absolute Gasteiger partial charge is 0.341 e. The predicted octanol–water partition coefficient (Wildman–Crippen LogP) is 2.62. The molecule has 0 radical (unpaired) electrons. The van der Waals surface area contributed by atoms with Crippen molar-refractivity contribution >= 4 is 29.2 Å². The fraction of sp³-hybridized carbons (Fsp3) is 0.250. The lowest BCUT2D eigenvalue weighted by Gasteiger charge is -2.41. The maximum atomic E-state index is 13.0. The van der Waals surface area contributed by atoms with Crippen molar-refractivity contribution in [2.45, 2.75) is 19.4 Å². The van der Waals surface area contributed by atoms with Crippen molar-refractivity contribution in [3.8, 4) is 5.75 Å². The van der Waals surface area contributed by atoms with Gasteiger partial charge in [-0.2, -0.15) is 0 Å². The standard InChI is InChI=1S/C20H20N2O5/c1-20(2)19(25)21-14-9-5-6-10-15(14)22(20)17(23)12-27-16-11-7-4-8-13(16)18(24)26-3/h4-11H,12H2,1-3H3,(H,21,25). The quantitative estimate of drug-likeness (QED) is 0.839. The second-order valence-electron chi connectivity index (χ2n) is 6.54. The van der Waals surface area contributed by atoms with E-state index >= 15 is 0 Å². The summed E-state index contributed by atoms with van der Waals surface area (Å²) in [5.41, 5.74) is 0.294. The highest BCUT2D eigenvalue weighted by Crippen LogP contribution is 2.36. The number of rotatable bonds is 4. The van der Waals surface area contributed by atoms with Gasteiger partial charge in [0.25, 0.3) is 5.91 Å². The molecule has 0 unspecified atom stereocenters. The number of nitrogens with one attached hydrogen (secondary N) is 1. The minimum Gasteiger partial charge on any atom is -0.483 e. The van der Waals surface area contributed by atoms with Crippen molar-refractivity contribution in [2.75, 3.05) is 23.9 Å². The van der Waals surface area contributed by atoms with E-state index in [0.717, 1.165) is 0 Å². The Morgan fingerprint density at radius 1 is 1.07 bits per heavy atom. The molecule has 0 saturated carbocycles. The van der Waals surface area contributed by atoms with Gasteiger partial charge in [-0.05, 0) is 38.1 Å². The number of fused-ring (bicyclic) bond motifs is 1. The molecule has 2 aromatic carbocycles. The number of para-hydroxylation sites is 3. The van der Waals surface area contributed by atoms with Gasteiger partial charge < -0.3 is 14.8 Å². The Morgan fingerprint density at radius 2 is 1.74 bits per heavy atom. The number of benzene rings is 2. The number of amides is 2. The molecule has 1 N–H and O–H groups in total. The van der Waals surface area contributed by atoms with Crippen LogP contribution in [-0.2, 0) is 14.3 Å². The number of hydrogen-bond donors (Lipinski definition) is 1. The Labute approximate surface area is 156 Å². The van der Waals surface area contributed by atoms with Crippen LogP contribution in [0.2, 0.25) is 0 Å². The molecule has 0 bridgehead atoms. The van der Waals surface area contributed by atoms with Crippen molar-refractivity contribution in [1.29, 1.82) is 0 Å². The Balaban J connectivity index is 1.86. The zero-order chi connectivity index (χ0) is 19.6. The number of methoxy groups -OCH3 is 1. The molecular formula is C20H20N2O5. The number of carbonyl (C=O) groups excluding carboxylic acids is 3. The first-order valence-electron chi connectivity index (χ1n) is 8.40. The van der Waals surface area contributed by atoms with E-state index in [1.165, 1.54) is 12.0 Å². The highest BCUT2D eigenvalue weighted by molar-refractivity contribution is 6.14. The molecule has 140 valence electrons. The third-order valence-corrected chi connectivity index (χ3v) is 4.40. The summed E-state index contributed by atoms with van der Waals surface area (Å²) >= 11 is 0. The molecular weight excluding hydrogens is 348 g/mol. The van der Waals surface area contributed by atoms with Gasteiger partial charge in [0.05, 0.1) is 18.5 Å². The molecule has 3 rings (SSSR count). The first-order valence-corrected chi connectivity index (χ1v) is 8.40. The van der Waals surface area contributed by atoms with Gasteiger partial charge in [0.15, 0.2) is 6.61 Å². The SMILES string of the molecule is COC(=O)c1ccccc1OCC(=O)N1c2ccccc2NC(=O)C1(C)C. The molecule has 0 saturated heterocycles. The van der Waals surface area contributed by atoms with E-state index in [1.807, 2.05) is 0 Å². The molecule has 0 spiro atoms. The second-order valence-corrected chi connectivity index (χ2v) is 6.54. The van der Waals surface area contributed by atoms with E-state index in [1.54, 1.807) is 62.4 Å². The summed E-state index contributed by atoms with van der Waals surface area (Å²) < 4.78 is 10.3. The van der Waals surface area contributed by atoms with Crippen molar-refractivity contribution in [3.05, 3.63) is 54.1 Å². The van der Waals surface area contributed by atoms with E-state index in [-0.39, 0.29) is 23.8 Å². The van der Waals surface area contributed by atoms with E-state index in [2.05, 4.69) is 5.32 Å². The number of anilines is 2. The number of esters is 1. The summed E-state index contributed by atoms with van der Waals surface area (Å²) in [6.07, 6.45) is 0. The van der Waals surface area contributed by atoms with E-state index in [9.17, 15) is 14.4 Å². The second kappa shape index (κ2) is 7.11. The summed E-state index contributed by atoms with van der Waals surface area (Å²) in [7, 11) is 1.27. The van der Waals surface area contributed by atoms with Crippen molar-refractivity contribution in [2.24, 2.45) is 0 Å². The topological polar surface area (TPSA) is 84.9 Å². The molecule has 2 amide bonds. The molecule has 0 fully saturated rings. The van der Waals surface area contributed by atoms with Crippen molar-refractivity contribution in [1.82, 2.24) is 0 Å². The van der Waals surface area contributed by atoms with Crippen LogP contribution in [0.3, 0.4) is 0 Å². The van der Waals surface area contributed by atoms with Gasteiger partial charge in [0.1, 0.15) is 16.9 Å². The average molecular weight is 368 g/mol. The van der Waals surface area contributed by atoms with Crippen LogP contribution in [0.15, 0.2) is 48.5 Å². The Kier molecular flexibility index (Phi) is 4.85. The Morgan fingerprint density at radius 3 is 2.48 bits per heavy atom. The third-order valence-electron chi connectivity index (χ3n) is 4.40. The average Bonchev–Trinajstić information content (AvgIpc) is 2.66. The lowest BCUT2D eigenvalue weighted by molar-refractivity contribution is -0.127. The fourth-order valence-electron chi connectivity index (χ4n) is 2.97. The third kappa shape index (κ3) is 3.36. The Hall–Kier alpha value is -3.35. The van der Waals surface area contributed by atoms with E-state index < -0.39 is 17.4 Å². The lowest BCUT2D eigenvalue weighted by Crippen LogP contribution is -2.59. The van der Waals surface area contributed by atoms with Gasteiger partial charge in [0, 0.05) is 0 Å². The van der Waals surface area contributed by atoms with Crippen LogP contribution in [0, 0.1) is 0 Å². The van der Waals surface area contributed by atoms with Crippen LogP contribution in [-0.4, -0.2) is 37.0 Å². The number of hydrogen-bond acceptors (Lipinski definition) is 5. The zero-order valence-electron chi connectivity index (χ0n) is 15.3. The molecule has 0 atom stereocenters. The monoisotopic (exact) mass is 368 g/mol. The number of carbonyl (C=O) groups is 3. The normalized spacial score (nSPS) is 14.8. The highest BCUT2D eigenvalue weighted by atomic mass is 16.5. The molecule has 1 aliphatic heterocycles. The van der Waals surface area contributed by atoms with E-state index in [4.69, 9.17) is 9.47 Å². The molecule has 2 aromatic rings. The minimum atomic E-state index is -1.09. The summed E-state index contributed by atoms with van der Waals surface area (Å²) in [5, 5.41) is 2.81. The number of ether oxygens (including phenoxy) is 2. The molecule has 7 heteroatoms. The van der Waals surface area contributed by atoms with Gasteiger partial charge in [0.2, 0.25) is 5.91 Å². The predicted molar refractivity (Wildman–Crippen MR) is 99.9 cm³/mol. The maximum absolute atomic E-state index is 13.0. The molecule has 1 heterocycles. The molecule has 0 aliphatic carbocycles. The first kappa shape index (κ1) is 18.4. The summed E-state index contributed by atoms with van der Waals surface area (Å²) in [5.74, 6) is -1.00. The van der Waals surface area contributed by atoms with Crippen LogP contribution in [0.25, 0.3) is 0 Å². The van der Waals surface area contributed by atoms with Crippen LogP contribution in [0.1, 0.15) is 24.2 Å². The van der Waals surface area contributed by atoms with Gasteiger partial charge in [-0.15, -0.1) is 0 Å². The zero-order valence-corrected chi connectivity index (χ0v) is 15.3. The van der Waals surface area contributed by atoms with E-state index in [0.29, 0.717) is 11.4 Å². The summed E-state index contributed by atoms with van der Waals surface area (Å²) in [6.45, 7) is 3.00. The van der Waals surface area contributed by atoms with Crippen molar-refractivity contribution < 1.29 is 23.9 Å². The van der Waals surface area contributed by atoms with Gasteiger partial charge in [-0.1, -0.05) is 24.3 Å². The van der Waals surface area contributed by atoms with Gasteiger partial charge >= 0.3 is 5.97 Å².